The van der Waals surface area contributed by atoms with Crippen molar-refractivity contribution in [3.05, 3.63) is 60.4 Å². The number of aryl methyl sites for hydroxylation is 1. The Labute approximate surface area is 162 Å². The fourth-order valence-electron chi connectivity index (χ4n) is 3.94. The van der Waals surface area contributed by atoms with Crippen LogP contribution in [0.2, 0.25) is 0 Å². The number of aromatic nitrogens is 2. The van der Waals surface area contributed by atoms with Crippen LogP contribution in [-0.4, -0.2) is 28.0 Å². The van der Waals surface area contributed by atoms with Crippen LogP contribution < -0.4 is 10.6 Å². The van der Waals surface area contributed by atoms with E-state index in [0.29, 0.717) is 17.6 Å². The van der Waals surface area contributed by atoms with Crippen LogP contribution in [0.4, 0.5) is 5.95 Å². The second-order valence-electron chi connectivity index (χ2n) is 7.26. The van der Waals surface area contributed by atoms with Gasteiger partial charge in [-0.15, -0.1) is 0 Å². The van der Waals surface area contributed by atoms with Crippen LogP contribution in [0.3, 0.4) is 0 Å². The van der Waals surface area contributed by atoms with Crippen molar-refractivity contribution in [3.63, 3.8) is 0 Å². The third-order valence-electron chi connectivity index (χ3n) is 5.39. The largest absolute Gasteiger partial charge is 0.451 e. The van der Waals surface area contributed by atoms with Gasteiger partial charge in [0.1, 0.15) is 5.58 Å². The Balaban J connectivity index is 1.43. The molecular formula is C22H22N4O2. The second kappa shape index (κ2) is 7.13. The molecule has 1 amide bonds. The maximum absolute atomic E-state index is 12.8. The fraction of sp³-hybridized carbons (Fsp3) is 0.273. The molecule has 1 fully saturated rings. The second-order valence-corrected chi connectivity index (χ2v) is 7.26. The Morgan fingerprint density at radius 1 is 1.21 bits per heavy atom. The summed E-state index contributed by atoms with van der Waals surface area (Å²) in [4.78, 5) is 17.4. The molecule has 1 aliphatic heterocycles. The summed E-state index contributed by atoms with van der Waals surface area (Å²) in [5.74, 6) is 0.564. The average Bonchev–Trinajstić information content (AvgIpc) is 3.44. The van der Waals surface area contributed by atoms with Crippen molar-refractivity contribution >= 4 is 33.9 Å². The number of carbonyl (C=O) groups is 1. The molecule has 2 aromatic heterocycles. The van der Waals surface area contributed by atoms with Gasteiger partial charge in [-0.1, -0.05) is 30.3 Å². The lowest BCUT2D eigenvalue weighted by Gasteiger charge is -2.13. The lowest BCUT2D eigenvalue weighted by molar-refractivity contribution is 0.0997. The topological polar surface area (TPSA) is 72.1 Å². The molecule has 0 spiro atoms. The highest BCUT2D eigenvalue weighted by molar-refractivity contribution is 6.04. The zero-order valence-electron chi connectivity index (χ0n) is 15.5. The molecule has 1 saturated heterocycles. The minimum atomic E-state index is -0.285. The number of benzene rings is 2. The predicted octanol–water partition coefficient (Wildman–Crippen LogP) is 4.18. The maximum atomic E-state index is 12.8. The summed E-state index contributed by atoms with van der Waals surface area (Å²) in [7, 11) is 0. The van der Waals surface area contributed by atoms with Crippen LogP contribution in [-0.2, 0) is 6.54 Å². The van der Waals surface area contributed by atoms with Crippen molar-refractivity contribution in [1.29, 1.82) is 0 Å². The van der Waals surface area contributed by atoms with Gasteiger partial charge in [0, 0.05) is 18.0 Å². The highest BCUT2D eigenvalue weighted by Gasteiger charge is 2.19. The third-order valence-corrected chi connectivity index (χ3v) is 5.39. The predicted molar refractivity (Wildman–Crippen MR) is 110 cm³/mol. The molecule has 2 aromatic carbocycles. The molecule has 6 heteroatoms. The first-order valence-corrected chi connectivity index (χ1v) is 9.76. The van der Waals surface area contributed by atoms with Crippen molar-refractivity contribution < 1.29 is 9.21 Å². The van der Waals surface area contributed by atoms with E-state index in [1.165, 1.54) is 12.8 Å². The number of fused-ring (bicyclic) bond motifs is 2. The summed E-state index contributed by atoms with van der Waals surface area (Å²) in [6.07, 6.45) is 3.44. The third kappa shape index (κ3) is 3.16. The molecule has 1 unspecified atom stereocenters. The monoisotopic (exact) mass is 374 g/mol. The standard InChI is InChI=1S/C22H22N4O2/c27-21(20-14-15-6-1-4-10-19(15)28-20)25-22-24-17-8-2-3-9-18(17)26(22)13-11-16-7-5-12-23-16/h1-4,6,8-10,14,16,23H,5,7,11-13H2,(H,24,25,27). The molecular weight excluding hydrogens is 352 g/mol. The number of imidazole rings is 1. The van der Waals surface area contributed by atoms with Crippen molar-refractivity contribution in [1.82, 2.24) is 14.9 Å². The lowest BCUT2D eigenvalue weighted by atomic mass is 10.1. The molecule has 4 aromatic rings. The molecule has 28 heavy (non-hydrogen) atoms. The number of para-hydroxylation sites is 3. The van der Waals surface area contributed by atoms with Gasteiger partial charge in [0.05, 0.1) is 11.0 Å². The van der Waals surface area contributed by atoms with Gasteiger partial charge in [-0.05, 0) is 50.1 Å². The molecule has 6 nitrogen and oxygen atoms in total. The molecule has 3 heterocycles. The summed E-state index contributed by atoms with van der Waals surface area (Å²) in [5, 5.41) is 7.39. The summed E-state index contributed by atoms with van der Waals surface area (Å²) in [5.41, 5.74) is 2.61. The van der Waals surface area contributed by atoms with Gasteiger partial charge in [-0.3, -0.25) is 10.1 Å². The van der Waals surface area contributed by atoms with Gasteiger partial charge in [0.25, 0.3) is 5.91 Å². The van der Waals surface area contributed by atoms with E-state index in [4.69, 9.17) is 4.42 Å². The Morgan fingerprint density at radius 2 is 2.07 bits per heavy atom. The van der Waals surface area contributed by atoms with Crippen LogP contribution in [0.5, 0.6) is 0 Å². The molecule has 0 saturated carbocycles. The smallest absolute Gasteiger partial charge is 0.293 e. The summed E-state index contributed by atoms with van der Waals surface area (Å²) in [6.45, 7) is 1.89. The normalized spacial score (nSPS) is 16.8. The van der Waals surface area contributed by atoms with E-state index in [-0.39, 0.29) is 11.7 Å². The van der Waals surface area contributed by atoms with Crippen LogP contribution in [0.1, 0.15) is 29.8 Å². The van der Waals surface area contributed by atoms with Crippen molar-refractivity contribution in [3.8, 4) is 0 Å². The van der Waals surface area contributed by atoms with E-state index in [1.54, 1.807) is 6.07 Å². The first-order valence-electron chi connectivity index (χ1n) is 9.76. The number of carbonyl (C=O) groups excluding carboxylic acids is 1. The van der Waals surface area contributed by atoms with Crippen molar-refractivity contribution in [2.45, 2.75) is 31.8 Å². The van der Waals surface area contributed by atoms with Gasteiger partial charge < -0.3 is 14.3 Å². The minimum absolute atomic E-state index is 0.285. The van der Waals surface area contributed by atoms with Crippen molar-refractivity contribution in [2.24, 2.45) is 0 Å². The van der Waals surface area contributed by atoms with E-state index in [2.05, 4.69) is 20.2 Å². The zero-order valence-corrected chi connectivity index (χ0v) is 15.5. The van der Waals surface area contributed by atoms with Crippen molar-refractivity contribution in [2.75, 3.05) is 11.9 Å². The summed E-state index contributed by atoms with van der Waals surface area (Å²) in [6, 6.07) is 17.9. The highest BCUT2D eigenvalue weighted by Crippen LogP contribution is 2.23. The number of amides is 1. The number of nitrogens with zero attached hydrogens (tertiary/aromatic N) is 2. The Bertz CT molecular complexity index is 1100. The molecule has 0 bridgehead atoms. The molecule has 0 aliphatic carbocycles. The van der Waals surface area contributed by atoms with E-state index in [9.17, 15) is 4.79 Å². The van der Waals surface area contributed by atoms with E-state index < -0.39 is 0 Å². The molecule has 5 rings (SSSR count). The van der Waals surface area contributed by atoms with Gasteiger partial charge in [0.15, 0.2) is 5.76 Å². The van der Waals surface area contributed by atoms with Gasteiger partial charge in [-0.2, -0.15) is 0 Å². The van der Waals surface area contributed by atoms with E-state index in [0.717, 1.165) is 35.9 Å². The fourth-order valence-corrected chi connectivity index (χ4v) is 3.94. The molecule has 0 radical (unpaired) electrons. The minimum Gasteiger partial charge on any atom is -0.451 e. The van der Waals surface area contributed by atoms with Gasteiger partial charge >= 0.3 is 0 Å². The SMILES string of the molecule is O=C(Nc1nc2ccccc2n1CCC1CCCN1)c1cc2ccccc2o1. The molecule has 2 N–H and O–H groups in total. The van der Waals surface area contributed by atoms with Crippen LogP contribution in [0.15, 0.2) is 59.0 Å². The number of hydrogen-bond acceptors (Lipinski definition) is 4. The van der Waals surface area contributed by atoms with Gasteiger partial charge in [0.2, 0.25) is 5.95 Å². The van der Waals surface area contributed by atoms with Gasteiger partial charge in [-0.25, -0.2) is 4.98 Å². The van der Waals surface area contributed by atoms with Crippen LogP contribution in [0.25, 0.3) is 22.0 Å². The number of anilines is 1. The number of nitrogens with one attached hydrogen (secondary N) is 2. The lowest BCUT2D eigenvalue weighted by Crippen LogP contribution is -2.23. The Morgan fingerprint density at radius 3 is 2.93 bits per heavy atom. The number of furan rings is 1. The molecule has 142 valence electrons. The summed E-state index contributed by atoms with van der Waals surface area (Å²) >= 11 is 0. The van der Waals surface area contributed by atoms with E-state index in [1.807, 2.05) is 48.5 Å². The number of rotatable bonds is 5. The molecule has 1 atom stereocenters. The maximum Gasteiger partial charge on any atom is 0.293 e. The summed E-state index contributed by atoms with van der Waals surface area (Å²) < 4.78 is 7.79. The molecule has 1 aliphatic rings. The Hall–Kier alpha value is -3.12. The van der Waals surface area contributed by atoms with E-state index >= 15 is 0 Å². The quantitative estimate of drug-likeness (QED) is 0.550. The Kier molecular flexibility index (Phi) is 4.33. The average molecular weight is 374 g/mol. The van der Waals surface area contributed by atoms with Crippen LogP contribution in [0, 0.1) is 0 Å². The highest BCUT2D eigenvalue weighted by atomic mass is 16.3. The zero-order chi connectivity index (χ0) is 18.9. The number of hydrogen-bond donors (Lipinski definition) is 2. The first-order chi connectivity index (χ1) is 13.8. The first kappa shape index (κ1) is 17.0. The van der Waals surface area contributed by atoms with Crippen LogP contribution >= 0.6 is 0 Å².